The third-order valence-electron chi connectivity index (χ3n) is 4.28. The minimum Gasteiger partial charge on any atom is -0.303 e. The molecule has 0 saturated carbocycles. The zero-order chi connectivity index (χ0) is 17.3. The van der Waals surface area contributed by atoms with Crippen LogP contribution in [0.25, 0.3) is 0 Å². The number of rotatable bonds is 4. The second-order valence-electron chi connectivity index (χ2n) is 5.88. The summed E-state index contributed by atoms with van der Waals surface area (Å²) >= 11 is 5.90. The van der Waals surface area contributed by atoms with E-state index in [9.17, 15) is 9.59 Å². The molecule has 1 aliphatic carbocycles. The third-order valence-corrected chi connectivity index (χ3v) is 4.53. The number of benzene rings is 1. The van der Waals surface area contributed by atoms with E-state index in [2.05, 4.69) is 5.43 Å². The van der Waals surface area contributed by atoms with Gasteiger partial charge in [-0.25, -0.2) is 0 Å². The maximum atomic E-state index is 11.9. The fraction of sp³-hybridized carbons (Fsp3) is 0.222. The predicted molar refractivity (Wildman–Crippen MR) is 94.0 cm³/mol. The van der Waals surface area contributed by atoms with Crippen LogP contribution in [-0.4, -0.2) is 23.7 Å². The van der Waals surface area contributed by atoms with E-state index >= 15 is 0 Å². The van der Waals surface area contributed by atoms with Crippen LogP contribution in [-0.2, 0) is 9.59 Å². The van der Waals surface area contributed by atoms with Crippen LogP contribution in [0.1, 0.15) is 20.3 Å². The summed E-state index contributed by atoms with van der Waals surface area (Å²) in [4.78, 5) is 25.0. The van der Waals surface area contributed by atoms with Crippen LogP contribution in [0.5, 0.6) is 0 Å². The van der Waals surface area contributed by atoms with E-state index in [0.29, 0.717) is 18.0 Å². The van der Waals surface area contributed by atoms with Gasteiger partial charge >= 0.3 is 0 Å². The molecule has 0 saturated heterocycles. The molecule has 1 N–H and O–H groups in total. The van der Waals surface area contributed by atoms with Crippen LogP contribution in [0.2, 0.25) is 5.02 Å². The minimum atomic E-state index is 0.0910. The van der Waals surface area contributed by atoms with Crippen molar-refractivity contribution < 1.29 is 9.59 Å². The van der Waals surface area contributed by atoms with Gasteiger partial charge in [0.1, 0.15) is 0 Å². The summed E-state index contributed by atoms with van der Waals surface area (Å²) in [5.41, 5.74) is 7.66. The van der Waals surface area contributed by atoms with Gasteiger partial charge in [-0.15, -0.1) is 0 Å². The highest BCUT2D eigenvalue weighted by molar-refractivity contribution is 6.30. The zero-order valence-electron chi connectivity index (χ0n) is 13.5. The Bertz CT molecular complexity index is 778. The first-order valence-electron chi connectivity index (χ1n) is 7.63. The summed E-state index contributed by atoms with van der Waals surface area (Å²) in [6.07, 6.45) is 4.66. The quantitative estimate of drug-likeness (QED) is 0.853. The molecule has 0 spiro atoms. The van der Waals surface area contributed by atoms with Crippen molar-refractivity contribution in [2.45, 2.75) is 20.3 Å². The van der Waals surface area contributed by atoms with Gasteiger partial charge in [0.2, 0.25) is 6.41 Å². The van der Waals surface area contributed by atoms with Crippen LogP contribution >= 0.6 is 11.6 Å². The predicted octanol–water partition coefficient (Wildman–Crippen LogP) is 3.16. The molecule has 124 valence electrons. The van der Waals surface area contributed by atoms with Crippen molar-refractivity contribution in [3.05, 3.63) is 64.1 Å². The van der Waals surface area contributed by atoms with E-state index in [1.807, 2.05) is 18.9 Å². The van der Waals surface area contributed by atoms with Gasteiger partial charge in [-0.2, -0.15) is 0 Å². The number of allylic oxidation sites excluding steroid dienone is 3. The molecule has 0 fully saturated rings. The van der Waals surface area contributed by atoms with Crippen molar-refractivity contribution >= 4 is 29.5 Å². The second kappa shape index (κ2) is 6.53. The molecule has 0 unspecified atom stereocenters. The maximum Gasteiger partial charge on any atom is 0.218 e. The summed E-state index contributed by atoms with van der Waals surface area (Å²) in [6.45, 7) is 4.45. The van der Waals surface area contributed by atoms with E-state index in [-0.39, 0.29) is 5.78 Å². The maximum absolute atomic E-state index is 11.9. The largest absolute Gasteiger partial charge is 0.303 e. The van der Waals surface area contributed by atoms with Crippen molar-refractivity contribution in [2.24, 2.45) is 0 Å². The van der Waals surface area contributed by atoms with Crippen LogP contribution in [0, 0.1) is 0 Å². The highest BCUT2D eigenvalue weighted by Crippen LogP contribution is 2.28. The second-order valence-corrected chi connectivity index (χ2v) is 6.32. The fourth-order valence-corrected chi connectivity index (χ4v) is 2.93. The molecular formula is C18H18ClN3O2. The third kappa shape index (κ3) is 3.08. The number of hydrogen-bond donors (Lipinski definition) is 1. The number of amides is 1. The van der Waals surface area contributed by atoms with E-state index < -0.39 is 0 Å². The number of ketones is 1. The lowest BCUT2D eigenvalue weighted by Gasteiger charge is -2.27. The number of hydrazine groups is 1. The Morgan fingerprint density at radius 2 is 1.96 bits per heavy atom. The lowest BCUT2D eigenvalue weighted by Crippen LogP contribution is -2.33. The highest BCUT2D eigenvalue weighted by Gasteiger charge is 2.25. The lowest BCUT2D eigenvalue weighted by molar-refractivity contribution is -0.114. The van der Waals surface area contributed by atoms with Crippen LogP contribution in [0.3, 0.4) is 0 Å². The normalized spacial score (nSPS) is 17.5. The monoisotopic (exact) mass is 343 g/mol. The van der Waals surface area contributed by atoms with Gasteiger partial charge in [0.15, 0.2) is 5.78 Å². The van der Waals surface area contributed by atoms with Crippen LogP contribution in [0.15, 0.2) is 59.1 Å². The number of anilines is 1. The molecule has 1 amide bonds. The van der Waals surface area contributed by atoms with E-state index in [1.54, 1.807) is 41.4 Å². The summed E-state index contributed by atoms with van der Waals surface area (Å²) in [5.74, 6) is 0.0910. The molecule has 5 nitrogen and oxygen atoms in total. The molecule has 0 atom stereocenters. The fourth-order valence-electron chi connectivity index (χ4n) is 2.81. The smallest absolute Gasteiger partial charge is 0.218 e. The molecule has 3 rings (SSSR count). The first kappa shape index (κ1) is 16.3. The number of carbonyl (C=O) groups is 2. The lowest BCUT2D eigenvalue weighted by atomic mass is 9.96. The molecule has 6 heteroatoms. The number of nitrogens with one attached hydrogen (secondary N) is 1. The Labute approximate surface area is 145 Å². The Morgan fingerprint density at radius 3 is 2.62 bits per heavy atom. The first-order valence-corrected chi connectivity index (χ1v) is 8.01. The Hall–Kier alpha value is -2.53. The number of halogens is 1. The Balaban J connectivity index is 1.80. The van der Waals surface area contributed by atoms with E-state index in [4.69, 9.17) is 11.6 Å². The highest BCUT2D eigenvalue weighted by atomic mass is 35.5. The van der Waals surface area contributed by atoms with Crippen LogP contribution < -0.4 is 10.3 Å². The Morgan fingerprint density at radius 1 is 1.25 bits per heavy atom. The molecule has 0 aromatic heterocycles. The van der Waals surface area contributed by atoms with Crippen molar-refractivity contribution in [3.63, 3.8) is 0 Å². The number of hydrogen-bond acceptors (Lipinski definition) is 4. The van der Waals surface area contributed by atoms with Crippen molar-refractivity contribution in [1.82, 2.24) is 10.4 Å². The molecule has 2 aliphatic rings. The summed E-state index contributed by atoms with van der Waals surface area (Å²) in [5, 5.41) is 2.49. The van der Waals surface area contributed by atoms with Gasteiger partial charge in [-0.05, 0) is 43.7 Å². The standard InChI is InChI=1S/C18H18ClN3O2/c1-12-7-17(24)8-18(13(12)2)22-10-16(9-20-22)21(11-23)15-5-3-14(19)4-6-15/h3-6,8-9,11,20H,7,10H2,1-2H3. The Kier molecular flexibility index (Phi) is 4.44. The topological polar surface area (TPSA) is 52.6 Å². The van der Waals surface area contributed by atoms with Crippen molar-refractivity contribution in [1.29, 1.82) is 0 Å². The van der Waals surface area contributed by atoms with Crippen molar-refractivity contribution in [2.75, 3.05) is 11.4 Å². The van der Waals surface area contributed by atoms with Gasteiger partial charge in [-0.3, -0.25) is 19.5 Å². The SMILES string of the molecule is CC1=C(C)C(N2CC(N(C=O)c3ccc(Cl)cc3)=CN2)=CC(=O)C1. The van der Waals surface area contributed by atoms with E-state index in [1.165, 1.54) is 0 Å². The average molecular weight is 344 g/mol. The number of nitrogens with zero attached hydrogens (tertiary/aromatic N) is 2. The van der Waals surface area contributed by atoms with Gasteiger partial charge in [0.05, 0.1) is 17.9 Å². The number of carbonyl (C=O) groups excluding carboxylic acids is 2. The molecule has 1 aromatic rings. The van der Waals surface area contributed by atoms with Crippen LogP contribution in [0.4, 0.5) is 5.69 Å². The first-order chi connectivity index (χ1) is 11.5. The van der Waals surface area contributed by atoms with Crippen molar-refractivity contribution in [3.8, 4) is 0 Å². The molecule has 0 bridgehead atoms. The molecule has 24 heavy (non-hydrogen) atoms. The molecule has 1 heterocycles. The summed E-state index contributed by atoms with van der Waals surface area (Å²) in [7, 11) is 0. The van der Waals surface area contributed by atoms with Gasteiger partial charge in [0.25, 0.3) is 0 Å². The summed E-state index contributed by atoms with van der Waals surface area (Å²) in [6, 6.07) is 7.07. The average Bonchev–Trinajstić information content (AvgIpc) is 3.03. The zero-order valence-corrected chi connectivity index (χ0v) is 14.3. The molecule has 1 aliphatic heterocycles. The van der Waals surface area contributed by atoms with Gasteiger partial charge < -0.3 is 5.43 Å². The van der Waals surface area contributed by atoms with Gasteiger partial charge in [0, 0.05) is 29.4 Å². The molecular weight excluding hydrogens is 326 g/mol. The van der Waals surface area contributed by atoms with E-state index in [0.717, 1.165) is 34.6 Å². The summed E-state index contributed by atoms with van der Waals surface area (Å²) < 4.78 is 0. The molecule has 0 radical (unpaired) electrons. The minimum absolute atomic E-state index is 0.0910. The van der Waals surface area contributed by atoms with Gasteiger partial charge in [-0.1, -0.05) is 17.2 Å². The molecule has 1 aromatic carbocycles.